The normalized spacial score (nSPS) is 13.6. The minimum Gasteiger partial charge on any atom is -0.342 e. The van der Waals surface area contributed by atoms with Crippen molar-refractivity contribution < 1.29 is 9.32 Å². The second-order valence-electron chi connectivity index (χ2n) is 6.34. The van der Waals surface area contributed by atoms with Crippen LogP contribution in [0.2, 0.25) is 0 Å². The van der Waals surface area contributed by atoms with Crippen LogP contribution in [0.3, 0.4) is 0 Å². The molecule has 0 fully saturated rings. The van der Waals surface area contributed by atoms with Crippen molar-refractivity contribution in [3.05, 3.63) is 42.9 Å². The Bertz CT molecular complexity index is 854. The first-order chi connectivity index (χ1) is 11.9. The third-order valence-electron chi connectivity index (χ3n) is 4.24. The molecular weight excluding hydrogens is 320 g/mol. The lowest BCUT2D eigenvalue weighted by Crippen LogP contribution is -2.46. The number of carbonyl (C=O) groups excluding carboxylic acids is 1. The van der Waals surface area contributed by atoms with Crippen LogP contribution in [0.25, 0.3) is 17.2 Å². The first kappa shape index (κ1) is 16.8. The lowest BCUT2D eigenvalue weighted by Gasteiger charge is -2.30. The fourth-order valence-electron chi connectivity index (χ4n) is 2.43. The summed E-state index contributed by atoms with van der Waals surface area (Å²) < 4.78 is 7.23. The minimum atomic E-state index is -0.735. The van der Waals surface area contributed by atoms with Crippen LogP contribution in [-0.4, -0.2) is 30.6 Å². The maximum absolute atomic E-state index is 11.5. The van der Waals surface area contributed by atoms with Crippen LogP contribution >= 0.6 is 0 Å². The number of rotatable bonds is 5. The average Bonchev–Trinajstić information content (AvgIpc) is 3.26. The topological polar surface area (TPSA) is 98.7 Å². The molecule has 1 unspecified atom stereocenters. The van der Waals surface area contributed by atoms with Gasteiger partial charge in [0.1, 0.15) is 17.7 Å². The van der Waals surface area contributed by atoms with Gasteiger partial charge < -0.3 is 9.84 Å². The molecule has 1 atom stereocenters. The largest absolute Gasteiger partial charge is 0.342 e. The van der Waals surface area contributed by atoms with Gasteiger partial charge in [0.15, 0.2) is 0 Å². The molecule has 8 heteroatoms. The Kier molecular flexibility index (Phi) is 4.35. The van der Waals surface area contributed by atoms with Crippen molar-refractivity contribution >= 4 is 5.91 Å². The van der Waals surface area contributed by atoms with E-state index in [0.29, 0.717) is 11.7 Å². The molecule has 1 amide bonds. The summed E-state index contributed by atoms with van der Waals surface area (Å²) in [5.74, 6) is 1.47. The zero-order valence-electron chi connectivity index (χ0n) is 14.6. The summed E-state index contributed by atoms with van der Waals surface area (Å²) in [6.45, 7) is 7.32. The number of hydrogen-bond donors (Lipinski definition) is 1. The Balaban J connectivity index is 1.89. The molecule has 3 aromatic heterocycles. The lowest BCUT2D eigenvalue weighted by atomic mass is 9.88. The number of hydrogen-bond acceptors (Lipinski definition) is 6. The van der Waals surface area contributed by atoms with Gasteiger partial charge >= 0.3 is 0 Å². The molecule has 130 valence electrons. The van der Waals surface area contributed by atoms with Crippen LogP contribution in [0, 0.1) is 5.92 Å². The second-order valence-corrected chi connectivity index (χ2v) is 6.34. The highest BCUT2D eigenvalue weighted by molar-refractivity contribution is 5.74. The van der Waals surface area contributed by atoms with Crippen LogP contribution in [0.15, 0.2) is 41.6 Å². The molecular formula is C17H20N6O2. The van der Waals surface area contributed by atoms with E-state index in [1.54, 1.807) is 23.3 Å². The van der Waals surface area contributed by atoms with Crippen molar-refractivity contribution in [1.29, 1.82) is 0 Å². The summed E-state index contributed by atoms with van der Waals surface area (Å²) in [6.07, 6.45) is 6.86. The highest BCUT2D eigenvalue weighted by Crippen LogP contribution is 2.29. The molecule has 3 aromatic rings. The van der Waals surface area contributed by atoms with Gasteiger partial charge in [-0.3, -0.25) is 9.36 Å². The number of carbonyl (C=O) groups is 1. The predicted molar refractivity (Wildman–Crippen MR) is 90.7 cm³/mol. The molecule has 0 bridgehead atoms. The predicted octanol–water partition coefficient (Wildman–Crippen LogP) is 2.32. The third kappa shape index (κ3) is 3.28. The van der Waals surface area contributed by atoms with Crippen molar-refractivity contribution in [3.8, 4) is 17.2 Å². The number of amides is 1. The third-order valence-corrected chi connectivity index (χ3v) is 4.24. The van der Waals surface area contributed by atoms with E-state index in [0.717, 1.165) is 11.4 Å². The summed E-state index contributed by atoms with van der Waals surface area (Å²) in [6, 6.07) is 3.71. The summed E-state index contributed by atoms with van der Waals surface area (Å²) in [4.78, 5) is 24.4. The SMILES string of the molecule is CC(=O)NC(C)(c1nc(-c2ccc(-n3ccnc3)nc2)no1)C(C)C. The van der Waals surface area contributed by atoms with Gasteiger partial charge in [-0.15, -0.1) is 0 Å². The zero-order valence-corrected chi connectivity index (χ0v) is 14.6. The first-order valence-corrected chi connectivity index (χ1v) is 7.98. The molecule has 0 aliphatic rings. The zero-order chi connectivity index (χ0) is 18.0. The molecule has 25 heavy (non-hydrogen) atoms. The molecule has 3 heterocycles. The maximum Gasteiger partial charge on any atom is 0.252 e. The molecule has 0 aliphatic heterocycles. The fourth-order valence-corrected chi connectivity index (χ4v) is 2.43. The highest BCUT2D eigenvalue weighted by Gasteiger charge is 2.37. The standard InChI is InChI=1S/C17H20N6O2/c1-11(2)17(4,21-12(3)24)16-20-15(22-25-16)13-5-6-14(19-9-13)23-8-7-18-10-23/h5-11H,1-4H3,(H,21,24). The van der Waals surface area contributed by atoms with E-state index in [4.69, 9.17) is 4.52 Å². The molecule has 0 aromatic carbocycles. The van der Waals surface area contributed by atoms with Crippen LogP contribution in [0.4, 0.5) is 0 Å². The van der Waals surface area contributed by atoms with Gasteiger partial charge in [0.25, 0.3) is 5.89 Å². The summed E-state index contributed by atoms with van der Waals surface area (Å²) in [5.41, 5.74) is -0.00542. The van der Waals surface area contributed by atoms with E-state index in [2.05, 4.69) is 25.4 Å². The lowest BCUT2D eigenvalue weighted by molar-refractivity contribution is -0.121. The highest BCUT2D eigenvalue weighted by atomic mass is 16.5. The van der Waals surface area contributed by atoms with Crippen molar-refractivity contribution in [2.24, 2.45) is 5.92 Å². The van der Waals surface area contributed by atoms with Gasteiger partial charge in [-0.25, -0.2) is 9.97 Å². The van der Waals surface area contributed by atoms with E-state index in [1.807, 2.05) is 39.1 Å². The number of aromatic nitrogens is 5. The van der Waals surface area contributed by atoms with Crippen molar-refractivity contribution in [1.82, 2.24) is 30.0 Å². The van der Waals surface area contributed by atoms with Crippen LogP contribution in [-0.2, 0) is 10.3 Å². The van der Waals surface area contributed by atoms with Gasteiger partial charge in [0.2, 0.25) is 11.7 Å². The Morgan fingerprint density at radius 2 is 2.16 bits per heavy atom. The van der Waals surface area contributed by atoms with Crippen molar-refractivity contribution in [2.75, 3.05) is 0 Å². The van der Waals surface area contributed by atoms with Crippen molar-refractivity contribution in [2.45, 2.75) is 33.2 Å². The molecule has 0 spiro atoms. The number of nitrogens with zero attached hydrogens (tertiary/aromatic N) is 5. The van der Waals surface area contributed by atoms with E-state index in [-0.39, 0.29) is 11.8 Å². The molecule has 0 saturated heterocycles. The number of nitrogens with one attached hydrogen (secondary N) is 1. The smallest absolute Gasteiger partial charge is 0.252 e. The van der Waals surface area contributed by atoms with Gasteiger partial charge in [0.05, 0.1) is 0 Å². The van der Waals surface area contributed by atoms with Crippen molar-refractivity contribution in [3.63, 3.8) is 0 Å². The first-order valence-electron chi connectivity index (χ1n) is 7.98. The fraction of sp³-hybridized carbons (Fsp3) is 0.353. The van der Waals surface area contributed by atoms with E-state index >= 15 is 0 Å². The molecule has 3 rings (SSSR count). The summed E-state index contributed by atoms with van der Waals surface area (Å²) >= 11 is 0. The maximum atomic E-state index is 11.5. The van der Waals surface area contributed by atoms with Gasteiger partial charge in [0, 0.05) is 31.1 Å². The monoisotopic (exact) mass is 340 g/mol. The molecule has 0 aliphatic carbocycles. The minimum absolute atomic E-state index is 0.0754. The Morgan fingerprint density at radius 3 is 2.72 bits per heavy atom. The number of imidazole rings is 1. The van der Waals surface area contributed by atoms with Gasteiger partial charge in [-0.1, -0.05) is 19.0 Å². The molecule has 0 saturated carbocycles. The Labute approximate surface area is 145 Å². The number of pyridine rings is 1. The van der Waals surface area contributed by atoms with E-state index in [9.17, 15) is 4.79 Å². The van der Waals surface area contributed by atoms with Crippen LogP contribution in [0.1, 0.15) is 33.6 Å². The quantitative estimate of drug-likeness (QED) is 0.765. The van der Waals surface area contributed by atoms with Gasteiger partial charge in [-0.05, 0) is 25.0 Å². The summed E-state index contributed by atoms with van der Waals surface area (Å²) in [7, 11) is 0. The van der Waals surface area contributed by atoms with Gasteiger partial charge in [-0.2, -0.15) is 4.98 Å². The van der Waals surface area contributed by atoms with Crippen LogP contribution < -0.4 is 5.32 Å². The molecule has 1 N–H and O–H groups in total. The molecule has 0 radical (unpaired) electrons. The van der Waals surface area contributed by atoms with E-state index < -0.39 is 5.54 Å². The second kappa shape index (κ2) is 6.46. The Hall–Kier alpha value is -3.03. The molecule has 8 nitrogen and oxygen atoms in total. The average molecular weight is 340 g/mol. The van der Waals surface area contributed by atoms with E-state index in [1.165, 1.54) is 6.92 Å². The Morgan fingerprint density at radius 1 is 1.36 bits per heavy atom. The summed E-state index contributed by atoms with van der Waals surface area (Å²) in [5, 5.41) is 6.94. The van der Waals surface area contributed by atoms with Crippen LogP contribution in [0.5, 0.6) is 0 Å².